The van der Waals surface area contributed by atoms with Gasteiger partial charge in [-0.3, -0.25) is 0 Å². The predicted molar refractivity (Wildman–Crippen MR) is 81.1 cm³/mol. The van der Waals surface area contributed by atoms with Crippen LogP contribution in [-0.4, -0.2) is 7.11 Å². The second-order valence-electron chi connectivity index (χ2n) is 4.35. The van der Waals surface area contributed by atoms with E-state index in [-0.39, 0.29) is 0 Å². The van der Waals surface area contributed by atoms with Gasteiger partial charge in [0.2, 0.25) is 0 Å². The third-order valence-corrected chi connectivity index (χ3v) is 6.23. The van der Waals surface area contributed by atoms with Gasteiger partial charge in [-0.05, 0) is 24.4 Å². The second kappa shape index (κ2) is 5.46. The van der Waals surface area contributed by atoms with Crippen LogP contribution in [0.1, 0.15) is 6.92 Å². The lowest BCUT2D eigenvalue weighted by molar-refractivity contribution is 0.418. The summed E-state index contributed by atoms with van der Waals surface area (Å²) in [6.07, 6.45) is 0. The molecule has 0 saturated carbocycles. The Labute approximate surface area is 114 Å². The summed E-state index contributed by atoms with van der Waals surface area (Å²) in [6.45, 7) is 5.74. The Hall–Kier alpha value is -1.79. The minimum Gasteiger partial charge on any atom is -0.496 e. The first-order valence-electron chi connectivity index (χ1n) is 6.06. The zero-order chi connectivity index (χ0) is 13.9. The molecule has 0 bridgehead atoms. The molecule has 2 aromatic rings. The summed E-state index contributed by atoms with van der Waals surface area (Å²) < 4.78 is 18.9. The summed E-state index contributed by atoms with van der Waals surface area (Å²) in [5.41, 5.74) is 0. The first-order valence-corrected chi connectivity index (χ1v) is 7.76. The lowest BCUT2D eigenvalue weighted by atomic mass is 10.3. The SMILES string of the molecule is C=C(C)[P@](=O)(c1ccccc1)c1ccccc1OC. The highest BCUT2D eigenvalue weighted by Crippen LogP contribution is 2.52. The Bertz CT molecular complexity index is 632. The fourth-order valence-electron chi connectivity index (χ4n) is 2.09. The monoisotopic (exact) mass is 272 g/mol. The van der Waals surface area contributed by atoms with Crippen molar-refractivity contribution < 1.29 is 9.30 Å². The first kappa shape index (κ1) is 13.6. The Morgan fingerprint density at radius 2 is 1.63 bits per heavy atom. The summed E-state index contributed by atoms with van der Waals surface area (Å²) in [7, 11) is -1.28. The van der Waals surface area contributed by atoms with E-state index in [4.69, 9.17) is 4.74 Å². The third-order valence-electron chi connectivity index (χ3n) is 3.08. The number of benzene rings is 2. The van der Waals surface area contributed by atoms with E-state index in [1.54, 1.807) is 14.0 Å². The van der Waals surface area contributed by atoms with Gasteiger partial charge in [-0.2, -0.15) is 0 Å². The zero-order valence-electron chi connectivity index (χ0n) is 11.2. The molecule has 0 spiro atoms. The van der Waals surface area contributed by atoms with Gasteiger partial charge in [0.1, 0.15) is 5.75 Å². The summed E-state index contributed by atoms with van der Waals surface area (Å²) in [4.78, 5) is 0. The number of hydrogen-bond acceptors (Lipinski definition) is 2. The highest BCUT2D eigenvalue weighted by Gasteiger charge is 2.30. The molecule has 0 fully saturated rings. The first-order chi connectivity index (χ1) is 9.10. The van der Waals surface area contributed by atoms with Gasteiger partial charge in [0.15, 0.2) is 7.14 Å². The van der Waals surface area contributed by atoms with Crippen LogP contribution in [0, 0.1) is 0 Å². The van der Waals surface area contributed by atoms with Crippen molar-refractivity contribution in [1.29, 1.82) is 0 Å². The van der Waals surface area contributed by atoms with Gasteiger partial charge >= 0.3 is 0 Å². The van der Waals surface area contributed by atoms with Gasteiger partial charge < -0.3 is 9.30 Å². The smallest absolute Gasteiger partial charge is 0.169 e. The highest BCUT2D eigenvalue weighted by atomic mass is 31.2. The van der Waals surface area contributed by atoms with Crippen molar-refractivity contribution in [1.82, 2.24) is 0 Å². The second-order valence-corrected chi connectivity index (χ2v) is 7.33. The number of hydrogen-bond donors (Lipinski definition) is 0. The Kier molecular flexibility index (Phi) is 3.92. The van der Waals surface area contributed by atoms with Crippen LogP contribution in [0.2, 0.25) is 0 Å². The minimum atomic E-state index is -2.87. The maximum absolute atomic E-state index is 13.5. The van der Waals surface area contributed by atoms with Crippen LogP contribution >= 0.6 is 7.14 Å². The molecule has 0 aliphatic heterocycles. The molecule has 1 atom stereocenters. The van der Waals surface area contributed by atoms with E-state index in [1.807, 2.05) is 54.6 Å². The molecule has 0 amide bonds. The van der Waals surface area contributed by atoms with Gasteiger partial charge in [-0.15, -0.1) is 0 Å². The molecule has 0 radical (unpaired) electrons. The third kappa shape index (κ3) is 2.36. The molecule has 0 aromatic heterocycles. The zero-order valence-corrected chi connectivity index (χ0v) is 12.1. The number of ether oxygens (including phenoxy) is 1. The predicted octanol–water partition coefficient (Wildman–Crippen LogP) is 3.54. The minimum absolute atomic E-state index is 0.637. The van der Waals surface area contributed by atoms with Crippen molar-refractivity contribution >= 4 is 17.8 Å². The maximum Gasteiger partial charge on any atom is 0.169 e. The molecule has 0 N–H and O–H groups in total. The van der Waals surface area contributed by atoms with E-state index in [0.717, 1.165) is 5.30 Å². The normalized spacial score (nSPS) is 13.6. The average molecular weight is 272 g/mol. The van der Waals surface area contributed by atoms with Crippen molar-refractivity contribution in [2.75, 3.05) is 7.11 Å². The lowest BCUT2D eigenvalue weighted by Crippen LogP contribution is -2.18. The molecule has 3 heteroatoms. The standard InChI is InChI=1S/C16H17O2P/c1-13(2)19(17,14-9-5-4-6-10-14)16-12-8-7-11-15(16)18-3/h4-12H,1H2,2-3H3/t19-/m0/s1. The van der Waals surface area contributed by atoms with Crippen molar-refractivity contribution in [3.8, 4) is 5.75 Å². The van der Waals surface area contributed by atoms with Crippen molar-refractivity contribution in [2.45, 2.75) is 6.92 Å². The van der Waals surface area contributed by atoms with Crippen LogP contribution in [0.4, 0.5) is 0 Å². The molecular weight excluding hydrogens is 255 g/mol. The van der Waals surface area contributed by atoms with Crippen molar-refractivity contribution in [3.63, 3.8) is 0 Å². The highest BCUT2D eigenvalue weighted by molar-refractivity contribution is 7.82. The molecule has 2 aromatic carbocycles. The fraction of sp³-hybridized carbons (Fsp3) is 0.125. The molecule has 0 aliphatic carbocycles. The summed E-state index contributed by atoms with van der Waals surface area (Å²) in [5, 5.41) is 2.14. The van der Waals surface area contributed by atoms with Crippen LogP contribution in [0.3, 0.4) is 0 Å². The number of allylic oxidation sites excluding steroid dienone is 1. The van der Waals surface area contributed by atoms with Crippen LogP contribution in [-0.2, 0) is 4.57 Å². The number of para-hydroxylation sites is 1. The maximum atomic E-state index is 13.5. The molecule has 98 valence electrons. The molecule has 2 rings (SSSR count). The van der Waals surface area contributed by atoms with Crippen LogP contribution in [0.5, 0.6) is 5.75 Å². The Morgan fingerprint density at radius 3 is 2.21 bits per heavy atom. The fourth-order valence-corrected chi connectivity index (χ4v) is 4.59. The van der Waals surface area contributed by atoms with Crippen molar-refractivity contribution in [2.24, 2.45) is 0 Å². The van der Waals surface area contributed by atoms with Crippen molar-refractivity contribution in [3.05, 3.63) is 66.5 Å². The van der Waals surface area contributed by atoms with E-state index in [9.17, 15) is 4.57 Å². The Balaban J connectivity index is 2.71. The molecule has 2 nitrogen and oxygen atoms in total. The summed E-state index contributed by atoms with van der Waals surface area (Å²) >= 11 is 0. The number of rotatable bonds is 4. The molecule has 0 saturated heterocycles. The van der Waals surface area contributed by atoms with Gasteiger partial charge in [0.25, 0.3) is 0 Å². The van der Waals surface area contributed by atoms with E-state index >= 15 is 0 Å². The largest absolute Gasteiger partial charge is 0.496 e. The van der Waals surface area contributed by atoms with E-state index < -0.39 is 7.14 Å². The van der Waals surface area contributed by atoms with Crippen LogP contribution < -0.4 is 15.3 Å². The lowest BCUT2D eigenvalue weighted by Gasteiger charge is -2.21. The Morgan fingerprint density at radius 1 is 1.05 bits per heavy atom. The molecule has 0 aliphatic rings. The molecular formula is C16H17O2P. The average Bonchev–Trinajstić information content (AvgIpc) is 2.47. The van der Waals surface area contributed by atoms with Gasteiger partial charge in [0.05, 0.1) is 12.4 Å². The van der Waals surface area contributed by atoms with E-state index in [2.05, 4.69) is 6.58 Å². The molecule has 0 unspecified atom stereocenters. The number of methoxy groups -OCH3 is 1. The molecule has 19 heavy (non-hydrogen) atoms. The quantitative estimate of drug-likeness (QED) is 0.796. The van der Waals surface area contributed by atoms with Gasteiger partial charge in [-0.1, -0.05) is 49.0 Å². The van der Waals surface area contributed by atoms with E-state index in [0.29, 0.717) is 16.4 Å². The summed E-state index contributed by atoms with van der Waals surface area (Å²) in [5.74, 6) is 0.637. The van der Waals surface area contributed by atoms with Gasteiger partial charge in [-0.25, -0.2) is 0 Å². The molecule has 0 heterocycles. The van der Waals surface area contributed by atoms with E-state index in [1.165, 1.54) is 0 Å². The van der Waals surface area contributed by atoms with Crippen LogP contribution in [0.25, 0.3) is 0 Å². The summed E-state index contributed by atoms with van der Waals surface area (Å²) in [6, 6.07) is 16.9. The topological polar surface area (TPSA) is 26.3 Å². The van der Waals surface area contributed by atoms with Crippen LogP contribution in [0.15, 0.2) is 66.5 Å². The van der Waals surface area contributed by atoms with Gasteiger partial charge in [0, 0.05) is 5.30 Å².